The first-order valence-electron chi connectivity index (χ1n) is 10.3. The van der Waals surface area contributed by atoms with Gasteiger partial charge in [0, 0.05) is 24.7 Å². The molecule has 168 valence electrons. The SMILES string of the molecule is O=C(O)c1ccc(-c2cc(-n3c(C(F)F)nc4ccccc43)nc(N3CCOCC3)n2)cc1. The van der Waals surface area contributed by atoms with E-state index in [1.165, 1.54) is 16.7 Å². The van der Waals surface area contributed by atoms with E-state index < -0.39 is 18.2 Å². The summed E-state index contributed by atoms with van der Waals surface area (Å²) in [4.78, 5) is 26.5. The predicted octanol–water partition coefficient (Wildman–Crippen LogP) is 3.95. The van der Waals surface area contributed by atoms with E-state index in [2.05, 4.69) is 15.0 Å². The maximum absolute atomic E-state index is 13.9. The zero-order chi connectivity index (χ0) is 22.9. The number of alkyl halides is 2. The number of hydrogen-bond acceptors (Lipinski definition) is 6. The van der Waals surface area contributed by atoms with Gasteiger partial charge in [-0.1, -0.05) is 24.3 Å². The van der Waals surface area contributed by atoms with Gasteiger partial charge in [0.25, 0.3) is 6.43 Å². The van der Waals surface area contributed by atoms with Gasteiger partial charge in [-0.2, -0.15) is 4.98 Å². The van der Waals surface area contributed by atoms with Gasteiger partial charge < -0.3 is 14.7 Å². The van der Waals surface area contributed by atoms with Crippen molar-refractivity contribution in [1.29, 1.82) is 0 Å². The average Bonchev–Trinajstić information content (AvgIpc) is 3.24. The predicted molar refractivity (Wildman–Crippen MR) is 117 cm³/mol. The number of carboxylic acids is 1. The van der Waals surface area contributed by atoms with E-state index in [1.54, 1.807) is 42.5 Å². The third-order valence-electron chi connectivity index (χ3n) is 5.43. The Hall–Kier alpha value is -3.92. The highest BCUT2D eigenvalue weighted by molar-refractivity contribution is 5.88. The van der Waals surface area contributed by atoms with Crippen LogP contribution in [0, 0.1) is 0 Å². The third-order valence-corrected chi connectivity index (χ3v) is 5.43. The number of rotatable bonds is 5. The molecule has 0 saturated carbocycles. The van der Waals surface area contributed by atoms with E-state index in [4.69, 9.17) is 4.74 Å². The number of anilines is 1. The molecule has 1 saturated heterocycles. The number of carbonyl (C=O) groups is 1. The second kappa shape index (κ2) is 8.55. The Kier molecular flexibility index (Phi) is 5.43. The fourth-order valence-electron chi connectivity index (χ4n) is 3.80. The van der Waals surface area contributed by atoms with Crippen LogP contribution in [0.15, 0.2) is 54.6 Å². The van der Waals surface area contributed by atoms with E-state index in [-0.39, 0.29) is 11.4 Å². The summed E-state index contributed by atoms with van der Waals surface area (Å²) in [5.74, 6) is -0.806. The summed E-state index contributed by atoms with van der Waals surface area (Å²) in [6, 6.07) is 14.7. The quantitative estimate of drug-likeness (QED) is 0.491. The number of aromatic carboxylic acids is 1. The molecule has 0 atom stereocenters. The number of aromatic nitrogens is 4. The maximum atomic E-state index is 13.9. The summed E-state index contributed by atoms with van der Waals surface area (Å²) in [6.45, 7) is 2.14. The normalized spacial score (nSPS) is 14.2. The molecule has 2 aromatic heterocycles. The van der Waals surface area contributed by atoms with Crippen LogP contribution >= 0.6 is 0 Å². The zero-order valence-electron chi connectivity index (χ0n) is 17.4. The van der Waals surface area contributed by atoms with Crippen molar-refractivity contribution in [3.8, 4) is 17.1 Å². The number of benzene rings is 2. The number of morpholine rings is 1. The number of carboxylic acid groups (broad SMARTS) is 1. The van der Waals surface area contributed by atoms with Crippen LogP contribution in [0.1, 0.15) is 22.6 Å². The van der Waals surface area contributed by atoms with Gasteiger partial charge in [-0.3, -0.25) is 4.57 Å². The van der Waals surface area contributed by atoms with Crippen LogP contribution in [-0.2, 0) is 4.74 Å². The fourth-order valence-corrected chi connectivity index (χ4v) is 3.80. The summed E-state index contributed by atoms with van der Waals surface area (Å²) in [6.07, 6.45) is -2.81. The van der Waals surface area contributed by atoms with Gasteiger partial charge in [0.15, 0.2) is 5.82 Å². The number of hydrogen-bond donors (Lipinski definition) is 1. The first-order valence-corrected chi connectivity index (χ1v) is 10.3. The molecule has 1 N–H and O–H groups in total. The molecular weight excluding hydrogens is 432 g/mol. The number of fused-ring (bicyclic) bond motifs is 1. The summed E-state index contributed by atoms with van der Waals surface area (Å²) < 4.78 is 34.6. The van der Waals surface area contributed by atoms with E-state index >= 15 is 0 Å². The third kappa shape index (κ3) is 4.00. The van der Waals surface area contributed by atoms with Crippen molar-refractivity contribution >= 4 is 23.0 Å². The van der Waals surface area contributed by atoms with Crippen LogP contribution in [0.4, 0.5) is 14.7 Å². The standard InChI is InChI=1S/C23H19F2N5O3/c24-20(25)21-26-16-3-1-2-4-18(16)30(21)19-13-17(14-5-7-15(8-6-14)22(31)32)27-23(28-19)29-9-11-33-12-10-29/h1-8,13,20H,9-12H2,(H,31,32). The number of nitrogens with zero attached hydrogens (tertiary/aromatic N) is 5. The van der Waals surface area contributed by atoms with Crippen LogP contribution in [0.2, 0.25) is 0 Å². The van der Waals surface area contributed by atoms with E-state index in [1.807, 2.05) is 4.90 Å². The Balaban J connectivity index is 1.71. The monoisotopic (exact) mass is 451 g/mol. The van der Waals surface area contributed by atoms with Gasteiger partial charge in [0.2, 0.25) is 5.95 Å². The van der Waals surface area contributed by atoms with Crippen molar-refractivity contribution in [3.63, 3.8) is 0 Å². The Labute approximate surface area is 187 Å². The Morgan fingerprint density at radius 1 is 1.00 bits per heavy atom. The van der Waals surface area contributed by atoms with Crippen molar-refractivity contribution in [2.45, 2.75) is 6.43 Å². The highest BCUT2D eigenvalue weighted by Gasteiger charge is 2.23. The number of halogens is 2. The molecule has 2 aromatic carbocycles. The average molecular weight is 451 g/mol. The smallest absolute Gasteiger partial charge is 0.335 e. The minimum atomic E-state index is -2.81. The van der Waals surface area contributed by atoms with Gasteiger partial charge in [0.05, 0.1) is 35.5 Å². The van der Waals surface area contributed by atoms with Gasteiger partial charge >= 0.3 is 5.97 Å². The summed E-state index contributed by atoms with van der Waals surface area (Å²) in [7, 11) is 0. The maximum Gasteiger partial charge on any atom is 0.335 e. The van der Waals surface area contributed by atoms with E-state index in [9.17, 15) is 18.7 Å². The summed E-state index contributed by atoms with van der Waals surface area (Å²) in [5, 5.41) is 9.19. The second-order valence-corrected chi connectivity index (χ2v) is 7.49. The number of ether oxygens (including phenoxy) is 1. The number of imidazole rings is 1. The van der Waals surface area contributed by atoms with Crippen molar-refractivity contribution in [2.24, 2.45) is 0 Å². The van der Waals surface area contributed by atoms with E-state index in [0.29, 0.717) is 54.5 Å². The van der Waals surface area contributed by atoms with Crippen LogP contribution in [-0.4, -0.2) is 56.9 Å². The Morgan fingerprint density at radius 3 is 2.42 bits per heavy atom. The molecular formula is C23H19F2N5O3. The molecule has 0 spiro atoms. The van der Waals surface area contributed by atoms with Gasteiger partial charge in [-0.05, 0) is 24.3 Å². The van der Waals surface area contributed by atoms with Gasteiger partial charge in [-0.25, -0.2) is 23.5 Å². The van der Waals surface area contributed by atoms with Crippen molar-refractivity contribution < 1.29 is 23.4 Å². The minimum Gasteiger partial charge on any atom is -0.478 e. The Morgan fingerprint density at radius 2 is 1.73 bits per heavy atom. The number of para-hydroxylation sites is 2. The molecule has 0 amide bonds. The van der Waals surface area contributed by atoms with E-state index in [0.717, 1.165) is 0 Å². The lowest BCUT2D eigenvalue weighted by atomic mass is 10.1. The van der Waals surface area contributed by atoms with Crippen LogP contribution in [0.25, 0.3) is 28.1 Å². The van der Waals surface area contributed by atoms with Crippen LogP contribution in [0.5, 0.6) is 0 Å². The lowest BCUT2D eigenvalue weighted by Gasteiger charge is -2.27. The van der Waals surface area contributed by atoms with Gasteiger partial charge in [0.1, 0.15) is 5.82 Å². The molecule has 1 aliphatic heterocycles. The molecule has 5 rings (SSSR count). The van der Waals surface area contributed by atoms with Crippen molar-refractivity contribution in [1.82, 2.24) is 19.5 Å². The lowest BCUT2D eigenvalue weighted by Crippen LogP contribution is -2.37. The lowest BCUT2D eigenvalue weighted by molar-refractivity contribution is 0.0697. The molecule has 0 bridgehead atoms. The Bertz CT molecular complexity index is 1320. The fraction of sp³-hybridized carbons (Fsp3) is 0.217. The molecule has 1 fully saturated rings. The second-order valence-electron chi connectivity index (χ2n) is 7.49. The highest BCUT2D eigenvalue weighted by Crippen LogP contribution is 2.30. The summed E-state index contributed by atoms with van der Waals surface area (Å²) in [5.41, 5.74) is 2.21. The van der Waals surface area contributed by atoms with Crippen LogP contribution in [0.3, 0.4) is 0 Å². The molecule has 0 unspecified atom stereocenters. The van der Waals surface area contributed by atoms with Crippen molar-refractivity contribution in [3.05, 3.63) is 66.0 Å². The van der Waals surface area contributed by atoms with Crippen LogP contribution < -0.4 is 4.90 Å². The van der Waals surface area contributed by atoms with Gasteiger partial charge in [-0.15, -0.1) is 0 Å². The molecule has 8 nitrogen and oxygen atoms in total. The molecule has 3 heterocycles. The topological polar surface area (TPSA) is 93.4 Å². The first-order chi connectivity index (χ1) is 16.0. The molecule has 4 aromatic rings. The minimum absolute atomic E-state index is 0.141. The highest BCUT2D eigenvalue weighted by atomic mass is 19.3. The molecule has 33 heavy (non-hydrogen) atoms. The molecule has 10 heteroatoms. The molecule has 0 radical (unpaired) electrons. The van der Waals surface area contributed by atoms with Crippen molar-refractivity contribution in [2.75, 3.05) is 31.2 Å². The zero-order valence-corrected chi connectivity index (χ0v) is 17.4. The summed E-state index contributed by atoms with van der Waals surface area (Å²) >= 11 is 0. The first kappa shape index (κ1) is 21.0. The largest absolute Gasteiger partial charge is 0.478 e. The molecule has 1 aliphatic rings. The molecule has 0 aliphatic carbocycles.